The fourth-order valence-corrected chi connectivity index (χ4v) is 1.48. The molecule has 0 amide bonds. The summed E-state index contributed by atoms with van der Waals surface area (Å²) in [7, 11) is 1.58. The Morgan fingerprint density at radius 2 is 2.12 bits per heavy atom. The van der Waals surface area contributed by atoms with Gasteiger partial charge in [-0.2, -0.15) is 0 Å². The topological polar surface area (TPSA) is 58.0 Å². The van der Waals surface area contributed by atoms with E-state index in [2.05, 4.69) is 21.9 Å². The average Bonchev–Trinajstić information content (AvgIpc) is 2.30. The third kappa shape index (κ3) is 2.34. The molecule has 0 N–H and O–H groups in total. The maximum atomic E-state index is 8.49. The lowest BCUT2D eigenvalue weighted by atomic mass is 9.94. The summed E-state index contributed by atoms with van der Waals surface area (Å²) in [5, 5.41) is 3.64. The second-order valence-corrected chi connectivity index (χ2v) is 3.32. The standard InChI is InChI=1S/C12H13N3O/c1-4-9-12(2,16-3)10-7-5-6-8-11(10)14-15-13/h5-8H,1-3H3. The van der Waals surface area contributed by atoms with Crippen LogP contribution in [0.5, 0.6) is 0 Å². The number of hydrogen-bond acceptors (Lipinski definition) is 2. The summed E-state index contributed by atoms with van der Waals surface area (Å²) in [6.07, 6.45) is 0. The average molecular weight is 215 g/mol. The van der Waals surface area contributed by atoms with Crippen LogP contribution in [0.15, 0.2) is 29.4 Å². The summed E-state index contributed by atoms with van der Waals surface area (Å²) >= 11 is 0. The van der Waals surface area contributed by atoms with Gasteiger partial charge in [-0.25, -0.2) is 0 Å². The summed E-state index contributed by atoms with van der Waals surface area (Å²) in [6.45, 7) is 3.59. The van der Waals surface area contributed by atoms with Crippen molar-refractivity contribution >= 4 is 5.69 Å². The largest absolute Gasteiger partial charge is 0.362 e. The molecule has 0 saturated carbocycles. The number of azide groups is 1. The number of ether oxygens (including phenoxy) is 1. The van der Waals surface area contributed by atoms with Gasteiger partial charge in [0.05, 0.1) is 0 Å². The van der Waals surface area contributed by atoms with Gasteiger partial charge in [0.2, 0.25) is 0 Å². The van der Waals surface area contributed by atoms with Crippen molar-refractivity contribution in [3.8, 4) is 11.8 Å². The van der Waals surface area contributed by atoms with E-state index in [1.807, 2.05) is 25.1 Å². The third-order valence-electron chi connectivity index (χ3n) is 2.34. The van der Waals surface area contributed by atoms with Crippen LogP contribution < -0.4 is 0 Å². The molecule has 0 radical (unpaired) electrons. The van der Waals surface area contributed by atoms with E-state index >= 15 is 0 Å². The Labute approximate surface area is 94.9 Å². The molecule has 1 aromatic carbocycles. The van der Waals surface area contributed by atoms with Gasteiger partial charge in [0.15, 0.2) is 5.60 Å². The molecule has 1 aromatic rings. The first kappa shape index (κ1) is 12.1. The summed E-state index contributed by atoms with van der Waals surface area (Å²) in [5.74, 6) is 5.79. The summed E-state index contributed by atoms with van der Waals surface area (Å²) in [4.78, 5) is 2.80. The second-order valence-electron chi connectivity index (χ2n) is 3.32. The molecule has 1 unspecified atom stereocenters. The van der Waals surface area contributed by atoms with Gasteiger partial charge in [-0.3, -0.25) is 0 Å². The minimum absolute atomic E-state index is 0.539. The molecule has 0 aromatic heterocycles. The molecule has 0 fully saturated rings. The van der Waals surface area contributed by atoms with Crippen LogP contribution in [-0.4, -0.2) is 7.11 Å². The number of methoxy groups -OCH3 is 1. The van der Waals surface area contributed by atoms with Crippen LogP contribution in [0, 0.1) is 11.8 Å². The molecule has 1 atom stereocenters. The highest BCUT2D eigenvalue weighted by Crippen LogP contribution is 2.32. The maximum Gasteiger partial charge on any atom is 0.151 e. The lowest BCUT2D eigenvalue weighted by Gasteiger charge is -2.23. The lowest BCUT2D eigenvalue weighted by molar-refractivity contribution is 0.0556. The number of benzene rings is 1. The minimum Gasteiger partial charge on any atom is -0.362 e. The molecule has 4 heteroatoms. The fraction of sp³-hybridized carbons (Fsp3) is 0.333. The van der Waals surface area contributed by atoms with Crippen molar-refractivity contribution in [3.05, 3.63) is 40.3 Å². The second kappa shape index (κ2) is 5.22. The molecule has 0 aliphatic carbocycles. The van der Waals surface area contributed by atoms with E-state index in [-0.39, 0.29) is 0 Å². The van der Waals surface area contributed by atoms with E-state index in [9.17, 15) is 0 Å². The van der Waals surface area contributed by atoms with Crippen molar-refractivity contribution in [1.82, 2.24) is 0 Å². The van der Waals surface area contributed by atoms with Crippen molar-refractivity contribution in [1.29, 1.82) is 0 Å². The van der Waals surface area contributed by atoms with E-state index < -0.39 is 5.60 Å². The molecule has 82 valence electrons. The van der Waals surface area contributed by atoms with Crippen molar-refractivity contribution in [2.75, 3.05) is 7.11 Å². The Bertz CT molecular complexity index is 481. The van der Waals surface area contributed by atoms with Crippen LogP contribution in [-0.2, 0) is 10.3 Å². The molecule has 16 heavy (non-hydrogen) atoms. The monoisotopic (exact) mass is 215 g/mol. The van der Waals surface area contributed by atoms with Crippen LogP contribution in [0.3, 0.4) is 0 Å². The van der Waals surface area contributed by atoms with Crippen LogP contribution >= 0.6 is 0 Å². The number of hydrogen-bond donors (Lipinski definition) is 0. The Hall–Kier alpha value is -1.95. The molecule has 4 nitrogen and oxygen atoms in total. The molecular weight excluding hydrogens is 202 g/mol. The molecule has 1 rings (SSSR count). The van der Waals surface area contributed by atoms with Gasteiger partial charge in [0, 0.05) is 23.3 Å². The van der Waals surface area contributed by atoms with Crippen LogP contribution in [0.25, 0.3) is 10.4 Å². The molecular formula is C12H13N3O. The molecule has 0 aliphatic heterocycles. The predicted molar refractivity (Wildman–Crippen MR) is 63.1 cm³/mol. The lowest BCUT2D eigenvalue weighted by Crippen LogP contribution is -2.22. The van der Waals surface area contributed by atoms with Gasteiger partial charge in [-0.15, -0.1) is 5.92 Å². The quantitative estimate of drug-likeness (QED) is 0.329. The van der Waals surface area contributed by atoms with Gasteiger partial charge in [-0.1, -0.05) is 35.3 Å². The first-order chi connectivity index (χ1) is 7.68. The van der Waals surface area contributed by atoms with Crippen LogP contribution in [0.4, 0.5) is 5.69 Å². The van der Waals surface area contributed by atoms with Crippen LogP contribution in [0.2, 0.25) is 0 Å². The Morgan fingerprint density at radius 3 is 2.69 bits per heavy atom. The zero-order chi connectivity index (χ0) is 12.0. The normalized spacial score (nSPS) is 12.9. The van der Waals surface area contributed by atoms with Crippen molar-refractivity contribution in [2.45, 2.75) is 19.4 Å². The minimum atomic E-state index is -0.750. The molecule has 0 heterocycles. The van der Waals surface area contributed by atoms with Gasteiger partial charge in [-0.05, 0) is 19.4 Å². The van der Waals surface area contributed by atoms with Gasteiger partial charge in [0.25, 0.3) is 0 Å². The number of rotatable bonds is 3. The molecule has 0 bridgehead atoms. The van der Waals surface area contributed by atoms with Crippen LogP contribution in [0.1, 0.15) is 19.4 Å². The zero-order valence-electron chi connectivity index (χ0n) is 9.56. The molecule has 0 aliphatic rings. The Kier molecular flexibility index (Phi) is 3.96. The first-order valence-electron chi connectivity index (χ1n) is 4.81. The van der Waals surface area contributed by atoms with E-state index in [4.69, 9.17) is 10.3 Å². The summed E-state index contributed by atoms with van der Waals surface area (Å²) in [6, 6.07) is 7.25. The first-order valence-corrected chi connectivity index (χ1v) is 4.81. The molecule has 0 spiro atoms. The summed E-state index contributed by atoms with van der Waals surface area (Å²) in [5.41, 5.74) is 9.05. The van der Waals surface area contributed by atoms with Crippen molar-refractivity contribution in [3.63, 3.8) is 0 Å². The highest BCUT2D eigenvalue weighted by molar-refractivity contribution is 5.51. The highest BCUT2D eigenvalue weighted by Gasteiger charge is 2.25. The zero-order valence-corrected chi connectivity index (χ0v) is 9.56. The highest BCUT2D eigenvalue weighted by atomic mass is 16.5. The Balaban J connectivity index is 3.38. The summed E-state index contributed by atoms with van der Waals surface area (Å²) < 4.78 is 5.39. The van der Waals surface area contributed by atoms with E-state index in [0.717, 1.165) is 5.56 Å². The smallest absolute Gasteiger partial charge is 0.151 e. The van der Waals surface area contributed by atoms with Gasteiger partial charge >= 0.3 is 0 Å². The SMILES string of the molecule is CC#CC(C)(OC)c1ccccc1N=[N+]=[N-]. The maximum absolute atomic E-state index is 8.49. The van der Waals surface area contributed by atoms with E-state index in [0.29, 0.717) is 5.69 Å². The fourth-order valence-electron chi connectivity index (χ4n) is 1.48. The van der Waals surface area contributed by atoms with E-state index in [1.165, 1.54) is 0 Å². The predicted octanol–water partition coefficient (Wildman–Crippen LogP) is 3.51. The molecule has 0 saturated heterocycles. The van der Waals surface area contributed by atoms with Crippen molar-refractivity contribution < 1.29 is 4.74 Å². The number of nitrogens with zero attached hydrogens (tertiary/aromatic N) is 3. The van der Waals surface area contributed by atoms with Crippen molar-refractivity contribution in [2.24, 2.45) is 5.11 Å². The van der Waals surface area contributed by atoms with E-state index in [1.54, 1.807) is 20.1 Å². The Morgan fingerprint density at radius 1 is 1.44 bits per heavy atom. The van der Waals surface area contributed by atoms with Gasteiger partial charge < -0.3 is 4.74 Å². The third-order valence-corrected chi connectivity index (χ3v) is 2.34. The van der Waals surface area contributed by atoms with Gasteiger partial charge in [0.1, 0.15) is 0 Å².